The van der Waals surface area contributed by atoms with Gasteiger partial charge in [-0.05, 0) is 58.7 Å². The highest BCUT2D eigenvalue weighted by molar-refractivity contribution is 6.13. The third-order valence-corrected chi connectivity index (χ3v) is 9.68. The van der Waals surface area contributed by atoms with Crippen molar-refractivity contribution in [1.82, 2.24) is 0 Å². The largest absolute Gasteiger partial charge is 0.456 e. The van der Waals surface area contributed by atoms with E-state index in [1.165, 1.54) is 5.56 Å². The zero-order valence-electron chi connectivity index (χ0n) is 27.0. The van der Waals surface area contributed by atoms with Crippen molar-refractivity contribution in [3.05, 3.63) is 180 Å². The van der Waals surface area contributed by atoms with E-state index >= 15 is 0 Å². The number of hydrogen-bond donors (Lipinski definition) is 0. The number of azo groups is 2. The van der Waals surface area contributed by atoms with Gasteiger partial charge in [-0.3, -0.25) is 0 Å². The predicted molar refractivity (Wildman–Crippen MR) is 200 cm³/mol. The van der Waals surface area contributed by atoms with Crippen LogP contribution in [0.3, 0.4) is 0 Å². The van der Waals surface area contributed by atoms with Gasteiger partial charge in [0.2, 0.25) is 5.84 Å². The molecule has 5 heteroatoms. The van der Waals surface area contributed by atoms with Crippen molar-refractivity contribution in [3.63, 3.8) is 0 Å². The minimum Gasteiger partial charge on any atom is -0.456 e. The molecule has 7 aromatic carbocycles. The lowest BCUT2D eigenvalue weighted by Crippen LogP contribution is -2.13. The normalized spacial score (nSPS) is 14.5. The quantitative estimate of drug-likeness (QED) is 0.169. The first-order chi connectivity index (χ1) is 24.8. The Bertz CT molecular complexity index is 2790. The number of amidine groups is 1. The lowest BCUT2D eigenvalue weighted by atomic mass is 9.93. The van der Waals surface area contributed by atoms with Crippen LogP contribution in [0.15, 0.2) is 183 Å². The molecule has 1 unspecified atom stereocenters. The summed E-state index contributed by atoms with van der Waals surface area (Å²) in [6, 6.07) is 56.7. The second-order valence-corrected chi connectivity index (χ2v) is 12.8. The van der Waals surface area contributed by atoms with Gasteiger partial charge in [-0.1, -0.05) is 132 Å². The number of nitrogens with zero attached hydrogens (tertiary/aromatic N) is 3. The van der Waals surface area contributed by atoms with Crippen LogP contribution in [0.25, 0.3) is 66.1 Å². The van der Waals surface area contributed by atoms with Gasteiger partial charge in [0.25, 0.3) is 6.17 Å². The minimum atomic E-state index is -0.382. The van der Waals surface area contributed by atoms with E-state index in [0.717, 1.165) is 77.3 Å². The summed E-state index contributed by atoms with van der Waals surface area (Å²) in [5.41, 5.74) is 11.1. The SMILES string of the molecule is c1ccc(C2=NC(c3cc(-c4cccc(-c5ccccc5)c4)c4c(c3)oc3ccccc34)[N+](Cc3cccc4oc5ccccc5c34)=N2)cc1. The molecule has 0 radical (unpaired) electrons. The van der Waals surface area contributed by atoms with E-state index in [4.69, 9.17) is 18.9 Å². The van der Waals surface area contributed by atoms with Gasteiger partial charge in [-0.2, -0.15) is 4.99 Å². The monoisotopic (exact) mass is 644 g/mol. The summed E-state index contributed by atoms with van der Waals surface area (Å²) in [5.74, 6) is 0.706. The van der Waals surface area contributed by atoms with Gasteiger partial charge in [0.05, 0.1) is 5.56 Å². The van der Waals surface area contributed by atoms with Crippen LogP contribution in [0.4, 0.5) is 0 Å². The Balaban J connectivity index is 1.17. The van der Waals surface area contributed by atoms with Crippen molar-refractivity contribution in [2.75, 3.05) is 0 Å². The van der Waals surface area contributed by atoms with Crippen LogP contribution < -0.4 is 0 Å². The molecule has 3 heterocycles. The summed E-state index contributed by atoms with van der Waals surface area (Å²) in [6.45, 7) is 0.544. The van der Waals surface area contributed by atoms with E-state index in [1.54, 1.807) is 0 Å². The number of benzene rings is 7. The fourth-order valence-electron chi connectivity index (χ4n) is 7.38. The standard InChI is InChI=1S/C45H30N3O2/c1-3-13-29(14-4-1)31-17-11-18-32(25-31)37-26-34(27-41-43(37)36-21-8-10-23-39(36)50-41)45-46-44(30-15-5-2-6-16-30)47-48(45)28-33-19-12-24-40-42(33)35-20-7-9-22-38(35)49-40/h1-27,45H,28H2/q+1. The number of fused-ring (bicyclic) bond motifs is 6. The Morgan fingerprint density at radius 2 is 1.08 bits per heavy atom. The molecular weight excluding hydrogens is 615 g/mol. The number of aliphatic imine (C=N–C) groups is 1. The molecule has 1 aliphatic heterocycles. The summed E-state index contributed by atoms with van der Waals surface area (Å²) in [4.78, 5) is 5.31. The highest BCUT2D eigenvalue weighted by Gasteiger charge is 2.35. The summed E-state index contributed by atoms with van der Waals surface area (Å²) in [7, 11) is 0. The van der Waals surface area contributed by atoms with E-state index < -0.39 is 0 Å². The van der Waals surface area contributed by atoms with Gasteiger partial charge in [-0.15, -0.1) is 0 Å². The second kappa shape index (κ2) is 11.5. The third kappa shape index (κ3) is 4.74. The molecule has 0 N–H and O–H groups in total. The fourth-order valence-corrected chi connectivity index (χ4v) is 7.38. The van der Waals surface area contributed by atoms with Gasteiger partial charge in [0.1, 0.15) is 22.3 Å². The van der Waals surface area contributed by atoms with Gasteiger partial charge < -0.3 is 8.83 Å². The van der Waals surface area contributed by atoms with Gasteiger partial charge in [0, 0.05) is 37.8 Å². The van der Waals surface area contributed by atoms with Crippen LogP contribution >= 0.6 is 0 Å². The Morgan fingerprint density at radius 1 is 0.480 bits per heavy atom. The fraction of sp³-hybridized carbons (Fsp3) is 0.0444. The van der Waals surface area contributed by atoms with Crippen molar-refractivity contribution in [3.8, 4) is 22.3 Å². The summed E-state index contributed by atoms with van der Waals surface area (Å²) in [6.07, 6.45) is -0.382. The first-order valence-electron chi connectivity index (χ1n) is 16.9. The molecule has 5 nitrogen and oxygen atoms in total. The van der Waals surface area contributed by atoms with Crippen LogP contribution in [-0.4, -0.2) is 10.5 Å². The maximum Gasteiger partial charge on any atom is 0.299 e. The Labute approximate surface area is 288 Å². The molecule has 0 amide bonds. The summed E-state index contributed by atoms with van der Waals surface area (Å²) < 4.78 is 14.9. The summed E-state index contributed by atoms with van der Waals surface area (Å²) >= 11 is 0. The average Bonchev–Trinajstić information content (AvgIpc) is 3.89. The van der Waals surface area contributed by atoms with Crippen LogP contribution in [0.2, 0.25) is 0 Å². The molecule has 0 aliphatic carbocycles. The van der Waals surface area contributed by atoms with Crippen LogP contribution in [0, 0.1) is 0 Å². The Hall–Kier alpha value is -6.59. The molecule has 2 aromatic heterocycles. The van der Waals surface area contributed by atoms with Crippen LogP contribution in [0.5, 0.6) is 0 Å². The molecule has 236 valence electrons. The minimum absolute atomic E-state index is 0.382. The second-order valence-electron chi connectivity index (χ2n) is 12.8. The topological polar surface area (TPSA) is 54.0 Å². The lowest BCUT2D eigenvalue weighted by molar-refractivity contribution is -0.636. The van der Waals surface area contributed by atoms with Gasteiger partial charge >= 0.3 is 0 Å². The number of hydrogen-bond acceptors (Lipinski definition) is 4. The Morgan fingerprint density at radius 3 is 1.86 bits per heavy atom. The smallest absolute Gasteiger partial charge is 0.299 e. The van der Waals surface area contributed by atoms with Crippen molar-refractivity contribution < 1.29 is 13.5 Å². The highest BCUT2D eigenvalue weighted by Crippen LogP contribution is 2.42. The number of para-hydroxylation sites is 2. The molecule has 0 saturated heterocycles. The third-order valence-electron chi connectivity index (χ3n) is 9.68. The van der Waals surface area contributed by atoms with E-state index in [1.807, 2.05) is 48.5 Å². The van der Waals surface area contributed by atoms with Gasteiger partial charge in [0.15, 0.2) is 6.54 Å². The van der Waals surface area contributed by atoms with Crippen LogP contribution in [-0.2, 0) is 6.54 Å². The van der Waals surface area contributed by atoms with Crippen molar-refractivity contribution in [1.29, 1.82) is 0 Å². The van der Waals surface area contributed by atoms with Crippen molar-refractivity contribution in [2.45, 2.75) is 12.7 Å². The van der Waals surface area contributed by atoms with Crippen molar-refractivity contribution in [2.24, 2.45) is 10.1 Å². The van der Waals surface area contributed by atoms with E-state index in [2.05, 4.69) is 120 Å². The first-order valence-corrected chi connectivity index (χ1v) is 16.9. The molecule has 1 aliphatic rings. The molecule has 1 atom stereocenters. The zero-order chi connectivity index (χ0) is 33.0. The van der Waals surface area contributed by atoms with Gasteiger partial charge in [-0.25, -0.2) is 0 Å². The van der Waals surface area contributed by atoms with E-state index in [0.29, 0.717) is 12.4 Å². The van der Waals surface area contributed by atoms with E-state index in [9.17, 15) is 0 Å². The summed E-state index contributed by atoms with van der Waals surface area (Å²) in [5, 5.41) is 9.58. The molecular formula is C45H30N3O2+. The first kappa shape index (κ1) is 28.4. The molecule has 10 rings (SSSR count). The number of furan rings is 2. The molecule has 0 bridgehead atoms. The van der Waals surface area contributed by atoms with Crippen molar-refractivity contribution >= 4 is 49.7 Å². The Kier molecular flexibility index (Phi) is 6.56. The average molecular weight is 645 g/mol. The molecule has 0 spiro atoms. The van der Waals surface area contributed by atoms with Crippen LogP contribution in [0.1, 0.15) is 22.9 Å². The molecule has 0 fully saturated rings. The molecule has 0 saturated carbocycles. The maximum atomic E-state index is 6.58. The molecule has 50 heavy (non-hydrogen) atoms. The molecule has 9 aromatic rings. The zero-order valence-corrected chi connectivity index (χ0v) is 27.0. The number of rotatable bonds is 6. The lowest BCUT2D eigenvalue weighted by Gasteiger charge is -2.12. The predicted octanol–water partition coefficient (Wildman–Crippen LogP) is 11.9. The van der Waals surface area contributed by atoms with E-state index in [-0.39, 0.29) is 6.17 Å². The maximum absolute atomic E-state index is 6.58. The highest BCUT2D eigenvalue weighted by atomic mass is 16.3.